The van der Waals surface area contributed by atoms with Gasteiger partial charge in [-0.05, 0) is 75.1 Å². The van der Waals surface area contributed by atoms with Crippen LogP contribution in [0.25, 0.3) is 0 Å². The molecule has 0 saturated carbocycles. The second-order valence-electron chi connectivity index (χ2n) is 6.31. The Labute approximate surface area is 145 Å². The number of likely N-dealkylation sites (tertiary alicyclic amines) is 1. The van der Waals surface area contributed by atoms with E-state index in [1.54, 1.807) is 0 Å². The smallest absolute Gasteiger partial charge is 0.122 e. The number of benzene rings is 2. The molecule has 2 aromatic rings. The zero-order valence-corrected chi connectivity index (χ0v) is 14.3. The van der Waals surface area contributed by atoms with E-state index >= 15 is 0 Å². The van der Waals surface area contributed by atoms with Gasteiger partial charge in [-0.15, -0.1) is 0 Å². The van der Waals surface area contributed by atoms with Gasteiger partial charge in [-0.3, -0.25) is 0 Å². The molecule has 1 aliphatic rings. The maximum absolute atomic E-state index is 5.74. The van der Waals surface area contributed by atoms with Gasteiger partial charge in [-0.1, -0.05) is 30.3 Å². The second kappa shape index (κ2) is 9.33. The second-order valence-corrected chi connectivity index (χ2v) is 6.31. The lowest BCUT2D eigenvalue weighted by Gasteiger charge is -2.14. The fourth-order valence-corrected chi connectivity index (χ4v) is 3.10. The number of para-hydroxylation sites is 1. The van der Waals surface area contributed by atoms with Gasteiger partial charge in [0, 0.05) is 0 Å². The van der Waals surface area contributed by atoms with Crippen LogP contribution in [0.5, 0.6) is 11.5 Å². The van der Waals surface area contributed by atoms with Gasteiger partial charge in [-0.25, -0.2) is 0 Å². The summed E-state index contributed by atoms with van der Waals surface area (Å²) < 4.78 is 11.4. The van der Waals surface area contributed by atoms with Gasteiger partial charge in [0.05, 0.1) is 0 Å². The zero-order valence-electron chi connectivity index (χ0n) is 14.3. The number of aryl methyl sites for hydroxylation is 1. The van der Waals surface area contributed by atoms with Crippen molar-refractivity contribution in [2.24, 2.45) is 0 Å². The summed E-state index contributed by atoms with van der Waals surface area (Å²) in [5.74, 6) is 1.80. The third kappa shape index (κ3) is 5.57. The van der Waals surface area contributed by atoms with Gasteiger partial charge in [-0.2, -0.15) is 0 Å². The molecule has 1 saturated heterocycles. The molecule has 0 aromatic heterocycles. The molecule has 0 amide bonds. The van der Waals surface area contributed by atoms with Crippen LogP contribution in [0.2, 0.25) is 0 Å². The summed E-state index contributed by atoms with van der Waals surface area (Å²) in [6, 6.07) is 18.3. The molecule has 0 unspecified atom stereocenters. The van der Waals surface area contributed by atoms with E-state index in [1.165, 1.54) is 44.5 Å². The van der Waals surface area contributed by atoms with Gasteiger partial charge in [0.25, 0.3) is 0 Å². The lowest BCUT2D eigenvalue weighted by Crippen LogP contribution is -2.20. The highest BCUT2D eigenvalue weighted by atomic mass is 16.5. The maximum atomic E-state index is 5.74. The first-order chi connectivity index (χ1) is 11.9. The Bertz CT molecular complexity index is 577. The van der Waals surface area contributed by atoms with Crippen LogP contribution in [0.3, 0.4) is 0 Å². The first-order valence-corrected chi connectivity index (χ1v) is 9.02. The minimum atomic E-state index is 0.557. The van der Waals surface area contributed by atoms with Crippen LogP contribution in [0, 0.1) is 0 Å². The van der Waals surface area contributed by atoms with Crippen LogP contribution in [0.15, 0.2) is 54.6 Å². The van der Waals surface area contributed by atoms with Crippen molar-refractivity contribution in [3.05, 3.63) is 60.2 Å². The van der Waals surface area contributed by atoms with Crippen molar-refractivity contribution < 1.29 is 9.47 Å². The molecule has 3 nitrogen and oxygen atoms in total. The van der Waals surface area contributed by atoms with Crippen molar-refractivity contribution in [2.45, 2.75) is 25.7 Å². The van der Waals surface area contributed by atoms with Gasteiger partial charge in [0.1, 0.15) is 24.7 Å². The quantitative estimate of drug-likeness (QED) is 0.646. The maximum Gasteiger partial charge on any atom is 0.122 e. The van der Waals surface area contributed by atoms with E-state index in [9.17, 15) is 0 Å². The Balaban J connectivity index is 1.32. The molecule has 0 N–H and O–H groups in total. The first kappa shape index (κ1) is 16.8. The Morgan fingerprint density at radius 3 is 2.04 bits per heavy atom. The van der Waals surface area contributed by atoms with E-state index in [0.29, 0.717) is 13.2 Å². The molecule has 0 aliphatic carbocycles. The standard InChI is InChI=1S/C21H27NO2/c1-2-8-20(9-3-1)23-17-18-24-21-12-10-19(11-13-21)7-6-16-22-14-4-5-15-22/h1-3,8-13H,4-7,14-18H2. The molecule has 1 heterocycles. The number of nitrogens with zero attached hydrogens (tertiary/aromatic N) is 1. The van der Waals surface area contributed by atoms with Crippen LogP contribution in [-0.4, -0.2) is 37.7 Å². The van der Waals surface area contributed by atoms with Gasteiger partial charge in [0.2, 0.25) is 0 Å². The minimum absolute atomic E-state index is 0.557. The largest absolute Gasteiger partial charge is 0.490 e. The van der Waals surface area contributed by atoms with Crippen LogP contribution >= 0.6 is 0 Å². The Kier molecular flexibility index (Phi) is 6.55. The van der Waals surface area contributed by atoms with Crippen LogP contribution in [0.4, 0.5) is 0 Å². The molecule has 3 rings (SSSR count). The number of ether oxygens (including phenoxy) is 2. The van der Waals surface area contributed by atoms with E-state index < -0.39 is 0 Å². The monoisotopic (exact) mass is 325 g/mol. The summed E-state index contributed by atoms with van der Waals surface area (Å²) in [6.07, 6.45) is 5.14. The van der Waals surface area contributed by atoms with E-state index in [1.807, 2.05) is 30.3 Å². The average molecular weight is 325 g/mol. The molecule has 1 aliphatic heterocycles. The predicted molar refractivity (Wildman–Crippen MR) is 97.9 cm³/mol. The van der Waals surface area contributed by atoms with Crippen molar-refractivity contribution in [1.82, 2.24) is 4.90 Å². The molecular weight excluding hydrogens is 298 g/mol. The van der Waals surface area contributed by atoms with Crippen molar-refractivity contribution in [3.63, 3.8) is 0 Å². The highest BCUT2D eigenvalue weighted by molar-refractivity contribution is 5.27. The fraction of sp³-hybridized carbons (Fsp3) is 0.429. The summed E-state index contributed by atoms with van der Waals surface area (Å²) in [6.45, 7) is 4.93. The molecule has 128 valence electrons. The van der Waals surface area contributed by atoms with Crippen molar-refractivity contribution >= 4 is 0 Å². The summed E-state index contributed by atoms with van der Waals surface area (Å²) in [5.41, 5.74) is 1.39. The summed E-state index contributed by atoms with van der Waals surface area (Å²) in [5, 5.41) is 0. The minimum Gasteiger partial charge on any atom is -0.490 e. The van der Waals surface area contributed by atoms with E-state index in [2.05, 4.69) is 29.2 Å². The molecule has 1 fully saturated rings. The first-order valence-electron chi connectivity index (χ1n) is 9.02. The highest BCUT2D eigenvalue weighted by Gasteiger charge is 2.10. The number of hydrogen-bond donors (Lipinski definition) is 0. The van der Waals surface area contributed by atoms with Crippen LogP contribution in [0.1, 0.15) is 24.8 Å². The molecule has 0 atom stereocenters. The van der Waals surface area contributed by atoms with Gasteiger partial charge >= 0.3 is 0 Å². The van der Waals surface area contributed by atoms with Gasteiger partial charge in [0.15, 0.2) is 0 Å². The lowest BCUT2D eigenvalue weighted by atomic mass is 10.1. The molecule has 0 spiro atoms. The summed E-state index contributed by atoms with van der Waals surface area (Å²) in [7, 11) is 0. The van der Waals surface area contributed by atoms with Gasteiger partial charge < -0.3 is 14.4 Å². The highest BCUT2D eigenvalue weighted by Crippen LogP contribution is 2.15. The SMILES string of the molecule is c1ccc(OCCOc2ccc(CCCN3CCCC3)cc2)cc1. The third-order valence-corrected chi connectivity index (χ3v) is 4.43. The number of hydrogen-bond acceptors (Lipinski definition) is 3. The lowest BCUT2D eigenvalue weighted by molar-refractivity contribution is 0.217. The molecule has 24 heavy (non-hydrogen) atoms. The summed E-state index contributed by atoms with van der Waals surface area (Å²) >= 11 is 0. The van der Waals surface area contributed by atoms with Crippen LogP contribution < -0.4 is 9.47 Å². The average Bonchev–Trinajstić information content (AvgIpc) is 3.14. The molecule has 3 heteroatoms. The van der Waals surface area contributed by atoms with Crippen molar-refractivity contribution in [2.75, 3.05) is 32.8 Å². The Hall–Kier alpha value is -2.00. The van der Waals surface area contributed by atoms with E-state index in [0.717, 1.165) is 17.9 Å². The van der Waals surface area contributed by atoms with Crippen LogP contribution in [-0.2, 0) is 6.42 Å². The third-order valence-electron chi connectivity index (χ3n) is 4.43. The molecule has 0 radical (unpaired) electrons. The topological polar surface area (TPSA) is 21.7 Å². The Morgan fingerprint density at radius 2 is 1.38 bits per heavy atom. The summed E-state index contributed by atoms with van der Waals surface area (Å²) in [4.78, 5) is 2.57. The molecule has 2 aromatic carbocycles. The fourth-order valence-electron chi connectivity index (χ4n) is 3.10. The van der Waals surface area contributed by atoms with E-state index in [-0.39, 0.29) is 0 Å². The van der Waals surface area contributed by atoms with E-state index in [4.69, 9.17) is 9.47 Å². The normalized spacial score (nSPS) is 14.7. The Morgan fingerprint density at radius 1 is 0.750 bits per heavy atom. The number of rotatable bonds is 9. The zero-order chi connectivity index (χ0) is 16.5. The molecular formula is C21H27NO2. The van der Waals surface area contributed by atoms with Crippen molar-refractivity contribution in [1.29, 1.82) is 0 Å². The van der Waals surface area contributed by atoms with Crippen molar-refractivity contribution in [3.8, 4) is 11.5 Å². The molecule has 0 bridgehead atoms. The predicted octanol–water partition coefficient (Wildman–Crippen LogP) is 4.17.